The van der Waals surface area contributed by atoms with Crippen LogP contribution in [-0.4, -0.2) is 12.0 Å². The number of hydrogen-bond acceptors (Lipinski definition) is 4. The summed E-state index contributed by atoms with van der Waals surface area (Å²) in [4.78, 5) is 12.4. The first-order valence-electron chi connectivity index (χ1n) is 9.29. The lowest BCUT2D eigenvalue weighted by atomic mass is 10.2. The van der Waals surface area contributed by atoms with Crippen molar-refractivity contribution in [2.45, 2.75) is 26.4 Å². The summed E-state index contributed by atoms with van der Waals surface area (Å²) < 4.78 is 5.73. The van der Waals surface area contributed by atoms with E-state index >= 15 is 0 Å². The molecule has 1 N–H and O–H groups in total. The summed E-state index contributed by atoms with van der Waals surface area (Å²) in [6, 6.07) is 23.9. The minimum absolute atomic E-state index is 0.150. The van der Waals surface area contributed by atoms with Crippen molar-refractivity contribution >= 4 is 23.0 Å². The van der Waals surface area contributed by atoms with Crippen molar-refractivity contribution in [3.63, 3.8) is 0 Å². The van der Waals surface area contributed by atoms with Crippen molar-refractivity contribution in [1.82, 2.24) is 0 Å². The number of carbonyl (C=O) groups excluding carboxylic acids is 1. The van der Waals surface area contributed by atoms with Crippen molar-refractivity contribution < 1.29 is 9.53 Å². The number of nitrogens with zero attached hydrogens (tertiary/aromatic N) is 2. The molecule has 3 aromatic rings. The molecule has 28 heavy (non-hydrogen) atoms. The van der Waals surface area contributed by atoms with Crippen LogP contribution in [0, 0.1) is 0 Å². The first-order valence-corrected chi connectivity index (χ1v) is 9.29. The lowest BCUT2D eigenvalue weighted by Gasteiger charge is -2.12. The van der Waals surface area contributed by atoms with E-state index in [0.717, 1.165) is 17.9 Å². The Morgan fingerprint density at radius 1 is 0.893 bits per heavy atom. The second-order valence-electron chi connectivity index (χ2n) is 6.40. The number of carbonyl (C=O) groups is 1. The molecule has 0 spiro atoms. The molecule has 0 aliphatic carbocycles. The lowest BCUT2D eigenvalue weighted by Crippen LogP contribution is -2.12. The fraction of sp³-hybridized carbons (Fsp3) is 0.174. The van der Waals surface area contributed by atoms with Crippen LogP contribution in [0.3, 0.4) is 0 Å². The molecule has 0 aliphatic rings. The molecular weight excluding hydrogens is 350 g/mol. The number of ether oxygens (including phenoxy) is 1. The summed E-state index contributed by atoms with van der Waals surface area (Å²) in [6.45, 7) is 4.09. The maximum Gasteiger partial charge on any atom is 0.255 e. The Morgan fingerprint density at radius 2 is 1.50 bits per heavy atom. The molecule has 0 saturated heterocycles. The highest BCUT2D eigenvalue weighted by Gasteiger charge is 2.07. The Balaban J connectivity index is 1.59. The molecule has 0 radical (unpaired) electrons. The van der Waals surface area contributed by atoms with Crippen molar-refractivity contribution in [3.8, 4) is 5.75 Å². The minimum atomic E-state index is -0.172. The van der Waals surface area contributed by atoms with Gasteiger partial charge in [0.25, 0.3) is 5.91 Å². The Morgan fingerprint density at radius 3 is 2.11 bits per heavy atom. The predicted octanol–water partition coefficient (Wildman–Crippen LogP) is 6.53. The third-order valence-electron chi connectivity index (χ3n) is 4.19. The number of azo groups is 1. The monoisotopic (exact) mass is 373 g/mol. The summed E-state index contributed by atoms with van der Waals surface area (Å²) in [5.41, 5.74) is 2.78. The SMILES string of the molecule is CCC(C)Oc1ccc(C(=O)Nc2ccc(N=Nc3ccccc3)cc2)cc1. The highest BCUT2D eigenvalue weighted by molar-refractivity contribution is 6.04. The molecule has 1 unspecified atom stereocenters. The van der Waals surface area contributed by atoms with Gasteiger partial charge in [-0.1, -0.05) is 25.1 Å². The number of hydrogen-bond donors (Lipinski definition) is 1. The van der Waals surface area contributed by atoms with Crippen LogP contribution in [0.25, 0.3) is 0 Å². The van der Waals surface area contributed by atoms with Crippen LogP contribution in [0.4, 0.5) is 17.1 Å². The average molecular weight is 373 g/mol. The summed E-state index contributed by atoms with van der Waals surface area (Å²) in [7, 11) is 0. The molecule has 3 rings (SSSR count). The fourth-order valence-electron chi connectivity index (χ4n) is 2.43. The van der Waals surface area contributed by atoms with Crippen LogP contribution < -0.4 is 10.1 Å². The molecular formula is C23H23N3O2. The Kier molecular flexibility index (Phi) is 6.52. The van der Waals surface area contributed by atoms with Gasteiger partial charge in [-0.25, -0.2) is 0 Å². The Hall–Kier alpha value is -3.47. The zero-order valence-electron chi connectivity index (χ0n) is 16.0. The average Bonchev–Trinajstić information content (AvgIpc) is 2.74. The van der Waals surface area contributed by atoms with Crippen LogP contribution in [-0.2, 0) is 0 Å². The number of rotatable bonds is 7. The third-order valence-corrected chi connectivity index (χ3v) is 4.19. The Labute approximate surface area is 165 Å². The zero-order valence-corrected chi connectivity index (χ0v) is 16.0. The van der Waals surface area contributed by atoms with Crippen molar-refractivity contribution in [2.24, 2.45) is 10.2 Å². The molecule has 1 atom stereocenters. The summed E-state index contributed by atoms with van der Waals surface area (Å²) in [6.07, 6.45) is 1.08. The number of nitrogens with one attached hydrogen (secondary N) is 1. The summed E-state index contributed by atoms with van der Waals surface area (Å²) in [5, 5.41) is 11.2. The number of benzene rings is 3. The quantitative estimate of drug-likeness (QED) is 0.478. The smallest absolute Gasteiger partial charge is 0.255 e. The van der Waals surface area contributed by atoms with E-state index in [9.17, 15) is 4.79 Å². The highest BCUT2D eigenvalue weighted by atomic mass is 16.5. The highest BCUT2D eigenvalue weighted by Crippen LogP contribution is 2.21. The molecule has 0 aromatic heterocycles. The second kappa shape index (κ2) is 9.46. The largest absolute Gasteiger partial charge is 0.491 e. The molecule has 1 amide bonds. The molecule has 0 heterocycles. The fourth-order valence-corrected chi connectivity index (χ4v) is 2.43. The molecule has 0 bridgehead atoms. The van der Waals surface area contributed by atoms with E-state index in [0.29, 0.717) is 16.9 Å². The van der Waals surface area contributed by atoms with Gasteiger partial charge in [-0.2, -0.15) is 10.2 Å². The molecule has 0 aliphatic heterocycles. The van der Waals surface area contributed by atoms with Gasteiger partial charge in [-0.3, -0.25) is 4.79 Å². The number of amides is 1. The summed E-state index contributed by atoms with van der Waals surface area (Å²) in [5.74, 6) is 0.591. The molecule has 5 heteroatoms. The molecule has 5 nitrogen and oxygen atoms in total. The van der Waals surface area contributed by atoms with Crippen molar-refractivity contribution in [3.05, 3.63) is 84.4 Å². The topological polar surface area (TPSA) is 63.0 Å². The van der Waals surface area contributed by atoms with Crippen LogP contribution >= 0.6 is 0 Å². The van der Waals surface area contributed by atoms with Crippen LogP contribution in [0.15, 0.2) is 89.1 Å². The van der Waals surface area contributed by atoms with E-state index in [1.807, 2.05) is 61.5 Å². The van der Waals surface area contributed by atoms with Crippen LogP contribution in [0.2, 0.25) is 0 Å². The van der Waals surface area contributed by atoms with Gasteiger partial charge < -0.3 is 10.1 Å². The van der Waals surface area contributed by atoms with E-state index in [1.165, 1.54) is 0 Å². The van der Waals surface area contributed by atoms with Gasteiger partial charge in [0.1, 0.15) is 5.75 Å². The normalized spacial score (nSPS) is 11.9. The standard InChI is InChI=1S/C23H23N3O2/c1-3-17(2)28-22-15-9-18(10-16-22)23(27)24-19-11-13-21(14-12-19)26-25-20-7-5-4-6-8-20/h4-17H,3H2,1-2H3,(H,24,27). The van der Waals surface area contributed by atoms with Gasteiger partial charge in [0.2, 0.25) is 0 Å². The summed E-state index contributed by atoms with van der Waals surface area (Å²) >= 11 is 0. The second-order valence-corrected chi connectivity index (χ2v) is 6.40. The number of anilines is 1. The van der Waals surface area contributed by atoms with Gasteiger partial charge in [0, 0.05) is 11.3 Å². The molecule has 0 fully saturated rings. The third kappa shape index (κ3) is 5.51. The van der Waals surface area contributed by atoms with E-state index in [1.54, 1.807) is 24.3 Å². The van der Waals surface area contributed by atoms with Gasteiger partial charge in [-0.15, -0.1) is 0 Å². The minimum Gasteiger partial charge on any atom is -0.491 e. The van der Waals surface area contributed by atoms with Gasteiger partial charge in [-0.05, 0) is 74.0 Å². The van der Waals surface area contributed by atoms with Crippen LogP contribution in [0.1, 0.15) is 30.6 Å². The van der Waals surface area contributed by atoms with E-state index in [4.69, 9.17) is 4.74 Å². The van der Waals surface area contributed by atoms with Gasteiger partial charge in [0.15, 0.2) is 0 Å². The first kappa shape index (κ1) is 19.3. The first-order chi connectivity index (χ1) is 13.6. The molecule has 3 aromatic carbocycles. The van der Waals surface area contributed by atoms with E-state index in [2.05, 4.69) is 22.5 Å². The zero-order chi connectivity index (χ0) is 19.8. The molecule has 0 saturated carbocycles. The van der Waals surface area contributed by atoms with Crippen molar-refractivity contribution in [2.75, 3.05) is 5.32 Å². The lowest BCUT2D eigenvalue weighted by molar-refractivity contribution is 0.102. The van der Waals surface area contributed by atoms with Crippen LogP contribution in [0.5, 0.6) is 5.75 Å². The van der Waals surface area contributed by atoms with Crippen molar-refractivity contribution in [1.29, 1.82) is 0 Å². The Bertz CT molecular complexity index is 920. The van der Waals surface area contributed by atoms with Gasteiger partial charge >= 0.3 is 0 Å². The van der Waals surface area contributed by atoms with Gasteiger partial charge in [0.05, 0.1) is 17.5 Å². The molecule has 142 valence electrons. The maximum absolute atomic E-state index is 12.4. The van der Waals surface area contributed by atoms with E-state index < -0.39 is 0 Å². The van der Waals surface area contributed by atoms with E-state index in [-0.39, 0.29) is 12.0 Å². The maximum atomic E-state index is 12.4. The predicted molar refractivity (Wildman–Crippen MR) is 112 cm³/mol.